The van der Waals surface area contributed by atoms with Gasteiger partial charge in [0.1, 0.15) is 5.82 Å². The fourth-order valence-electron chi connectivity index (χ4n) is 2.99. The second kappa shape index (κ2) is 7.51. The van der Waals surface area contributed by atoms with Crippen molar-refractivity contribution >= 4 is 44.7 Å². The first-order valence-corrected chi connectivity index (χ1v) is 9.78. The van der Waals surface area contributed by atoms with Gasteiger partial charge in [-0.05, 0) is 48.1 Å². The zero-order chi connectivity index (χ0) is 18.8. The monoisotopic (exact) mass is 392 g/mol. The van der Waals surface area contributed by atoms with Crippen molar-refractivity contribution in [1.29, 1.82) is 0 Å². The summed E-state index contributed by atoms with van der Waals surface area (Å²) < 4.78 is 1.11. The molecule has 2 aromatic heterocycles. The topological polar surface area (TPSA) is 42.0 Å². The third-order valence-corrected chi connectivity index (χ3v) is 5.81. The normalized spacial score (nSPS) is 10.9. The largest absolute Gasteiger partial charge is 0.306 e. The summed E-state index contributed by atoms with van der Waals surface area (Å²) in [5, 5.41) is 4.54. The van der Waals surface area contributed by atoms with Crippen LogP contribution in [0.15, 0.2) is 66.9 Å². The molecule has 0 unspecified atom stereocenters. The van der Waals surface area contributed by atoms with E-state index in [0.29, 0.717) is 22.1 Å². The van der Waals surface area contributed by atoms with Crippen LogP contribution in [0.5, 0.6) is 0 Å². The predicted octanol–water partition coefficient (Wildman–Crippen LogP) is 6.10. The number of benzene rings is 2. The van der Waals surface area contributed by atoms with Crippen molar-refractivity contribution in [3.8, 4) is 0 Å². The van der Waals surface area contributed by atoms with Crippen molar-refractivity contribution in [1.82, 2.24) is 4.98 Å². The Labute approximate surface area is 166 Å². The molecule has 2 aromatic carbocycles. The van der Waals surface area contributed by atoms with Gasteiger partial charge in [-0.3, -0.25) is 4.79 Å². The lowest BCUT2D eigenvalue weighted by Crippen LogP contribution is -2.13. The molecule has 134 valence electrons. The molecule has 5 heteroatoms. The molecule has 27 heavy (non-hydrogen) atoms. The van der Waals surface area contributed by atoms with Crippen LogP contribution in [0, 0.1) is 6.92 Å². The first kappa shape index (κ1) is 17.7. The van der Waals surface area contributed by atoms with E-state index < -0.39 is 0 Å². The highest BCUT2D eigenvalue weighted by atomic mass is 35.5. The number of aromatic nitrogens is 1. The van der Waals surface area contributed by atoms with Gasteiger partial charge in [0.25, 0.3) is 5.91 Å². The maximum Gasteiger partial charge on any atom is 0.267 e. The number of carbonyl (C=O) groups is 1. The van der Waals surface area contributed by atoms with Crippen LogP contribution in [0.25, 0.3) is 10.1 Å². The van der Waals surface area contributed by atoms with Crippen molar-refractivity contribution in [3.05, 3.63) is 93.5 Å². The van der Waals surface area contributed by atoms with Crippen LogP contribution in [0.4, 0.5) is 5.82 Å². The summed E-state index contributed by atoms with van der Waals surface area (Å²) in [6, 6.07) is 20.0. The molecular formula is C22H17ClN2OS. The van der Waals surface area contributed by atoms with E-state index in [0.717, 1.165) is 15.6 Å². The van der Waals surface area contributed by atoms with Crippen LogP contribution in [-0.4, -0.2) is 10.9 Å². The number of halogens is 1. The molecule has 1 N–H and O–H groups in total. The van der Waals surface area contributed by atoms with E-state index in [2.05, 4.69) is 53.6 Å². The van der Waals surface area contributed by atoms with Crippen molar-refractivity contribution in [2.24, 2.45) is 0 Å². The van der Waals surface area contributed by atoms with E-state index in [1.807, 2.05) is 12.1 Å². The van der Waals surface area contributed by atoms with Crippen LogP contribution in [0.3, 0.4) is 0 Å². The van der Waals surface area contributed by atoms with Crippen molar-refractivity contribution in [2.75, 3.05) is 5.32 Å². The molecule has 3 nitrogen and oxygen atoms in total. The van der Waals surface area contributed by atoms with Gasteiger partial charge in [0.05, 0.1) is 9.90 Å². The minimum atomic E-state index is -0.145. The van der Waals surface area contributed by atoms with Gasteiger partial charge in [-0.25, -0.2) is 4.98 Å². The van der Waals surface area contributed by atoms with Gasteiger partial charge in [-0.15, -0.1) is 11.3 Å². The summed E-state index contributed by atoms with van der Waals surface area (Å²) in [4.78, 5) is 17.8. The third kappa shape index (κ3) is 3.87. The molecule has 0 saturated carbocycles. The number of nitrogens with zero attached hydrogens (tertiary/aromatic N) is 1. The summed E-state index contributed by atoms with van der Waals surface area (Å²) in [7, 11) is 0. The Bertz CT molecular complexity index is 1100. The number of aryl methyl sites for hydroxylation is 1. The van der Waals surface area contributed by atoms with E-state index in [4.69, 9.17) is 11.6 Å². The third-order valence-electron chi connectivity index (χ3n) is 4.38. The fourth-order valence-corrected chi connectivity index (χ4v) is 4.22. The lowest BCUT2D eigenvalue weighted by Gasteiger charge is -2.07. The standard InChI is InChI=1S/C22H17ClN2OS/c1-14-6-8-15(9-7-14)12-18-17-4-2-3-5-19(17)27-21(18)22(26)25-20-11-10-16(23)13-24-20/h2-11,13H,12H2,1H3,(H,24,25,26). The molecule has 0 spiro atoms. The van der Waals surface area contributed by atoms with Crippen LogP contribution < -0.4 is 5.32 Å². The van der Waals surface area contributed by atoms with Gasteiger partial charge in [-0.1, -0.05) is 59.6 Å². The maximum absolute atomic E-state index is 13.0. The van der Waals surface area contributed by atoms with Crippen LogP contribution >= 0.6 is 22.9 Å². The molecule has 4 rings (SSSR count). The maximum atomic E-state index is 13.0. The van der Waals surface area contributed by atoms with Gasteiger partial charge in [0.15, 0.2) is 0 Å². The minimum Gasteiger partial charge on any atom is -0.306 e. The molecule has 0 atom stereocenters. The smallest absolute Gasteiger partial charge is 0.267 e. The SMILES string of the molecule is Cc1ccc(Cc2c(C(=O)Nc3ccc(Cl)cn3)sc3ccccc23)cc1. The Morgan fingerprint density at radius 3 is 2.59 bits per heavy atom. The molecule has 0 aliphatic rings. The summed E-state index contributed by atoms with van der Waals surface area (Å²) in [6.45, 7) is 2.07. The zero-order valence-electron chi connectivity index (χ0n) is 14.7. The van der Waals surface area contributed by atoms with E-state index in [-0.39, 0.29) is 5.91 Å². The molecule has 4 aromatic rings. The molecule has 0 fully saturated rings. The Balaban J connectivity index is 1.71. The number of hydrogen-bond donors (Lipinski definition) is 1. The molecular weight excluding hydrogens is 376 g/mol. The summed E-state index contributed by atoms with van der Waals surface area (Å²) in [5.41, 5.74) is 3.45. The van der Waals surface area contributed by atoms with Crippen LogP contribution in [-0.2, 0) is 6.42 Å². The highest BCUT2D eigenvalue weighted by molar-refractivity contribution is 7.21. The second-order valence-electron chi connectivity index (χ2n) is 6.38. The van der Waals surface area contributed by atoms with Crippen molar-refractivity contribution in [2.45, 2.75) is 13.3 Å². The predicted molar refractivity (Wildman–Crippen MR) is 113 cm³/mol. The number of amides is 1. The molecule has 0 bridgehead atoms. The first-order valence-electron chi connectivity index (χ1n) is 8.59. The number of hydrogen-bond acceptors (Lipinski definition) is 3. The van der Waals surface area contributed by atoms with E-state index in [1.165, 1.54) is 28.7 Å². The number of pyridine rings is 1. The molecule has 0 saturated heterocycles. The summed E-state index contributed by atoms with van der Waals surface area (Å²) >= 11 is 7.38. The second-order valence-corrected chi connectivity index (χ2v) is 7.87. The number of fused-ring (bicyclic) bond motifs is 1. The van der Waals surface area contributed by atoms with Gasteiger partial charge in [-0.2, -0.15) is 0 Å². The molecule has 0 aliphatic heterocycles. The van der Waals surface area contributed by atoms with Crippen molar-refractivity contribution in [3.63, 3.8) is 0 Å². The van der Waals surface area contributed by atoms with Gasteiger partial charge in [0, 0.05) is 10.9 Å². The lowest BCUT2D eigenvalue weighted by molar-refractivity contribution is 0.102. The van der Waals surface area contributed by atoms with E-state index >= 15 is 0 Å². The number of carbonyl (C=O) groups excluding carboxylic acids is 1. The highest BCUT2D eigenvalue weighted by Gasteiger charge is 2.19. The van der Waals surface area contributed by atoms with Gasteiger partial charge >= 0.3 is 0 Å². The molecule has 0 radical (unpaired) electrons. The Morgan fingerprint density at radius 1 is 1.07 bits per heavy atom. The van der Waals surface area contributed by atoms with Gasteiger partial charge in [0.2, 0.25) is 0 Å². The Hall–Kier alpha value is -2.69. The molecule has 0 aliphatic carbocycles. The lowest BCUT2D eigenvalue weighted by atomic mass is 10.0. The zero-order valence-corrected chi connectivity index (χ0v) is 16.3. The van der Waals surface area contributed by atoms with E-state index in [1.54, 1.807) is 12.1 Å². The fraction of sp³-hybridized carbons (Fsp3) is 0.0909. The number of anilines is 1. The average molecular weight is 393 g/mol. The van der Waals surface area contributed by atoms with Gasteiger partial charge < -0.3 is 5.32 Å². The molecule has 1 amide bonds. The summed E-state index contributed by atoms with van der Waals surface area (Å²) in [5.74, 6) is 0.344. The molecule has 2 heterocycles. The average Bonchev–Trinajstić information content (AvgIpc) is 3.04. The first-order chi connectivity index (χ1) is 13.1. The van der Waals surface area contributed by atoms with Crippen LogP contribution in [0.2, 0.25) is 5.02 Å². The number of thiophene rings is 1. The highest BCUT2D eigenvalue weighted by Crippen LogP contribution is 2.33. The number of rotatable bonds is 4. The van der Waals surface area contributed by atoms with Crippen molar-refractivity contribution < 1.29 is 4.79 Å². The Morgan fingerprint density at radius 2 is 1.85 bits per heavy atom. The Kier molecular flexibility index (Phi) is 4.92. The minimum absolute atomic E-state index is 0.145. The quantitative estimate of drug-likeness (QED) is 0.455. The summed E-state index contributed by atoms with van der Waals surface area (Å²) in [6.07, 6.45) is 2.23. The van der Waals surface area contributed by atoms with Crippen LogP contribution in [0.1, 0.15) is 26.4 Å². The van der Waals surface area contributed by atoms with E-state index in [9.17, 15) is 4.79 Å². The number of nitrogens with one attached hydrogen (secondary N) is 1.